The fraction of sp³-hybridized carbons (Fsp3) is 0.132. The largest absolute Gasteiger partial charge is 0.311 e. The molecule has 16 rings (SSSR count). The van der Waals surface area contributed by atoms with E-state index in [1.54, 1.807) is 0 Å². The summed E-state index contributed by atoms with van der Waals surface area (Å²) in [4.78, 5) is 5.31. The van der Waals surface area contributed by atoms with Gasteiger partial charge in [0.15, 0.2) is 0 Å². The molecule has 1 atom stereocenters. The summed E-state index contributed by atoms with van der Waals surface area (Å²) in [5.41, 5.74) is 30.7. The summed E-state index contributed by atoms with van der Waals surface area (Å²) in [6.07, 6.45) is 0. The maximum absolute atomic E-state index is 2.69. The summed E-state index contributed by atoms with van der Waals surface area (Å²) >= 11 is 0. The first kappa shape index (κ1) is 46.9. The van der Waals surface area contributed by atoms with Gasteiger partial charge in [0.05, 0.1) is 27.8 Å². The number of fused-ring (bicyclic) bond motifs is 17. The van der Waals surface area contributed by atoms with Crippen molar-refractivity contribution in [1.29, 1.82) is 0 Å². The van der Waals surface area contributed by atoms with E-state index in [-0.39, 0.29) is 17.5 Å². The third-order valence-corrected chi connectivity index (χ3v) is 18.3. The number of aryl methyl sites for hydroxylation is 1. The van der Waals surface area contributed by atoms with Crippen LogP contribution in [0.4, 0.5) is 34.1 Å². The number of anilines is 6. The molecule has 0 fully saturated rings. The standard InChI is InChI=1S/C76H60BN3/c1-47-36-40-62-69(42-47)79(64-32-18-13-24-52(64)48-22-9-8-10-23-48)70-44-50(75(5,6)7)45-71-73(70)77(62)63-43-49(74(2,3)4)37-41-67(63)80(71)68-35-21-31-60-72(68)57-28-12-17-30-59(57)76(60)58-29-16-11-25-53(58)54-39-38-51(46-61(54)76)78-65-33-19-14-26-55(65)56-27-15-20-34-66(56)78/h8-46H,1-7H3. The molecule has 0 radical (unpaired) electrons. The van der Waals surface area contributed by atoms with Crippen molar-refractivity contribution < 1.29 is 0 Å². The lowest BCUT2D eigenvalue weighted by molar-refractivity contribution is 0.590. The summed E-state index contributed by atoms with van der Waals surface area (Å²) < 4.78 is 2.49. The second-order valence-corrected chi connectivity index (χ2v) is 24.9. The van der Waals surface area contributed by atoms with Gasteiger partial charge in [0, 0.05) is 50.3 Å². The average molecular weight is 1030 g/mol. The van der Waals surface area contributed by atoms with E-state index in [0.29, 0.717) is 0 Å². The van der Waals surface area contributed by atoms with Gasteiger partial charge in [0.2, 0.25) is 0 Å². The maximum atomic E-state index is 2.69. The van der Waals surface area contributed by atoms with Crippen molar-refractivity contribution in [2.45, 2.75) is 64.7 Å². The van der Waals surface area contributed by atoms with Gasteiger partial charge in [-0.15, -0.1) is 0 Å². The van der Waals surface area contributed by atoms with Crippen molar-refractivity contribution in [2.24, 2.45) is 0 Å². The third-order valence-electron chi connectivity index (χ3n) is 18.3. The Balaban J connectivity index is 1.00. The van der Waals surface area contributed by atoms with Crippen LogP contribution < -0.4 is 26.2 Å². The molecule has 0 saturated heterocycles. The van der Waals surface area contributed by atoms with Crippen LogP contribution in [-0.4, -0.2) is 11.3 Å². The molecule has 0 N–H and O–H groups in total. The zero-order chi connectivity index (χ0) is 54.0. The van der Waals surface area contributed by atoms with Crippen LogP contribution in [0.5, 0.6) is 0 Å². The minimum Gasteiger partial charge on any atom is -0.311 e. The highest BCUT2D eigenvalue weighted by molar-refractivity contribution is 7.00. The van der Waals surface area contributed by atoms with Crippen molar-refractivity contribution in [3.63, 3.8) is 0 Å². The van der Waals surface area contributed by atoms with Crippen molar-refractivity contribution in [1.82, 2.24) is 4.57 Å². The second-order valence-electron chi connectivity index (χ2n) is 24.9. The molecule has 1 spiro atoms. The van der Waals surface area contributed by atoms with Crippen molar-refractivity contribution in [3.8, 4) is 39.1 Å². The van der Waals surface area contributed by atoms with Crippen LogP contribution in [0.1, 0.15) is 80.5 Å². The smallest absolute Gasteiger partial charge is 0.252 e. The predicted molar refractivity (Wildman–Crippen MR) is 339 cm³/mol. The average Bonchev–Trinajstić information content (AvgIpc) is 2.32. The lowest BCUT2D eigenvalue weighted by Gasteiger charge is -2.46. The molecule has 3 heterocycles. The van der Waals surface area contributed by atoms with Gasteiger partial charge in [-0.3, -0.25) is 0 Å². The number of hydrogen-bond acceptors (Lipinski definition) is 2. The Morgan fingerprint density at radius 3 is 1.65 bits per heavy atom. The number of hydrogen-bond donors (Lipinski definition) is 0. The molecule has 3 nitrogen and oxygen atoms in total. The highest BCUT2D eigenvalue weighted by atomic mass is 15.2. The van der Waals surface area contributed by atoms with Gasteiger partial charge in [-0.1, -0.05) is 217 Å². The third kappa shape index (κ3) is 6.39. The molecule has 382 valence electrons. The molecule has 0 bridgehead atoms. The van der Waals surface area contributed by atoms with Gasteiger partial charge < -0.3 is 14.4 Å². The highest BCUT2D eigenvalue weighted by Crippen LogP contribution is 2.65. The van der Waals surface area contributed by atoms with Crippen LogP contribution in [-0.2, 0) is 16.2 Å². The Morgan fingerprint density at radius 1 is 0.362 bits per heavy atom. The molecule has 0 amide bonds. The molecule has 1 aromatic heterocycles. The van der Waals surface area contributed by atoms with Gasteiger partial charge >= 0.3 is 0 Å². The molecule has 1 unspecified atom stereocenters. The Kier molecular flexibility index (Phi) is 9.80. The van der Waals surface area contributed by atoms with Crippen LogP contribution >= 0.6 is 0 Å². The number of rotatable bonds is 4. The van der Waals surface area contributed by atoms with Crippen molar-refractivity contribution in [3.05, 3.63) is 276 Å². The van der Waals surface area contributed by atoms with E-state index in [1.807, 2.05) is 0 Å². The normalized spacial score (nSPS) is 15.4. The molecule has 2 aliphatic heterocycles. The summed E-state index contributed by atoms with van der Waals surface area (Å²) in [6, 6.07) is 90.6. The molecule has 12 aromatic rings. The summed E-state index contributed by atoms with van der Waals surface area (Å²) in [6.45, 7) is 16.4. The van der Waals surface area contributed by atoms with E-state index in [9.17, 15) is 0 Å². The lowest BCUT2D eigenvalue weighted by atomic mass is 9.33. The van der Waals surface area contributed by atoms with Crippen LogP contribution in [0.2, 0.25) is 0 Å². The van der Waals surface area contributed by atoms with Crippen molar-refractivity contribution >= 4 is 79.0 Å². The topological polar surface area (TPSA) is 11.4 Å². The number of para-hydroxylation sites is 3. The molecule has 2 aliphatic carbocycles. The van der Waals surface area contributed by atoms with E-state index in [2.05, 4.69) is 299 Å². The first-order valence-electron chi connectivity index (χ1n) is 28.5. The SMILES string of the molecule is Cc1ccc2c(c1)N(c1ccccc1-c1ccccc1)c1cc(C(C)(C)C)cc3c1B2c1cc(C(C)(C)C)ccc1N3c1cccc2c1-c1ccccc1C21c2ccccc2-c2ccc(-n3c4ccccc4c4ccccc43)cc21. The number of nitrogens with zero attached hydrogens (tertiary/aromatic N) is 3. The Morgan fingerprint density at radius 2 is 0.938 bits per heavy atom. The first-order chi connectivity index (χ1) is 38.9. The zero-order valence-electron chi connectivity index (χ0n) is 46.4. The molecule has 4 heteroatoms. The number of aromatic nitrogens is 1. The van der Waals surface area contributed by atoms with Crippen LogP contribution in [0.3, 0.4) is 0 Å². The fourth-order valence-corrected chi connectivity index (χ4v) is 14.7. The monoisotopic (exact) mass is 1030 g/mol. The van der Waals surface area contributed by atoms with Crippen LogP contribution in [0.25, 0.3) is 60.9 Å². The summed E-state index contributed by atoms with van der Waals surface area (Å²) in [5, 5.41) is 2.53. The minimum atomic E-state index is -0.596. The van der Waals surface area contributed by atoms with E-state index >= 15 is 0 Å². The summed E-state index contributed by atoms with van der Waals surface area (Å²) in [5.74, 6) is 0. The lowest BCUT2D eigenvalue weighted by Crippen LogP contribution is -2.61. The van der Waals surface area contributed by atoms with Gasteiger partial charge in [-0.25, -0.2) is 0 Å². The molecule has 11 aromatic carbocycles. The van der Waals surface area contributed by atoms with Gasteiger partial charge in [0.25, 0.3) is 6.71 Å². The Labute approximate surface area is 470 Å². The molecular formula is C76H60BN3. The zero-order valence-corrected chi connectivity index (χ0v) is 46.4. The second kappa shape index (κ2) is 16.7. The van der Waals surface area contributed by atoms with E-state index in [4.69, 9.17) is 0 Å². The Bertz CT molecular complexity index is 4550. The summed E-state index contributed by atoms with van der Waals surface area (Å²) in [7, 11) is 0. The van der Waals surface area contributed by atoms with Crippen LogP contribution in [0, 0.1) is 6.92 Å². The van der Waals surface area contributed by atoms with Crippen molar-refractivity contribution in [2.75, 3.05) is 9.80 Å². The molecular weight excluding hydrogens is 966 g/mol. The van der Waals surface area contributed by atoms with Gasteiger partial charge in [-0.05, 0) is 156 Å². The minimum absolute atomic E-state index is 0.0263. The molecule has 80 heavy (non-hydrogen) atoms. The van der Waals surface area contributed by atoms with E-state index in [1.165, 1.54) is 150 Å². The highest BCUT2D eigenvalue weighted by Gasteiger charge is 2.54. The van der Waals surface area contributed by atoms with Gasteiger partial charge in [-0.2, -0.15) is 0 Å². The quantitative estimate of drug-likeness (QED) is 0.163. The van der Waals surface area contributed by atoms with Crippen LogP contribution in [0.15, 0.2) is 237 Å². The molecule has 4 aliphatic rings. The molecule has 0 saturated carbocycles. The van der Waals surface area contributed by atoms with Gasteiger partial charge in [0.1, 0.15) is 0 Å². The fourth-order valence-electron chi connectivity index (χ4n) is 14.7. The Hall–Kier alpha value is -9.12. The number of benzene rings is 11. The predicted octanol–water partition coefficient (Wildman–Crippen LogP) is 17.8. The van der Waals surface area contributed by atoms with E-state index < -0.39 is 5.41 Å². The first-order valence-corrected chi connectivity index (χ1v) is 28.5. The van der Waals surface area contributed by atoms with E-state index in [0.717, 1.165) is 0 Å². The maximum Gasteiger partial charge on any atom is 0.252 e.